The minimum absolute atomic E-state index is 0.396. The van der Waals surface area contributed by atoms with Gasteiger partial charge in [-0.25, -0.2) is 4.98 Å². The fourth-order valence-corrected chi connectivity index (χ4v) is 3.26. The van der Waals surface area contributed by atoms with Crippen molar-refractivity contribution < 1.29 is 0 Å². The molecule has 1 atom stereocenters. The fraction of sp³-hybridized carbons (Fsp3) is 0.643. The highest BCUT2D eigenvalue weighted by Crippen LogP contribution is 2.29. The van der Waals surface area contributed by atoms with Crippen molar-refractivity contribution in [2.75, 3.05) is 24.5 Å². The van der Waals surface area contributed by atoms with E-state index in [1.807, 2.05) is 12.3 Å². The highest BCUT2D eigenvalue weighted by atomic mass is 79.9. The molecule has 0 radical (unpaired) electrons. The van der Waals surface area contributed by atoms with Gasteiger partial charge in [-0.2, -0.15) is 0 Å². The zero-order valence-electron chi connectivity index (χ0n) is 11.5. The lowest BCUT2D eigenvalue weighted by Crippen LogP contribution is -2.41. The lowest BCUT2D eigenvalue weighted by Gasteiger charge is -2.34. The molecule has 3 nitrogen and oxygen atoms in total. The summed E-state index contributed by atoms with van der Waals surface area (Å²) < 4.78 is 0.921. The van der Waals surface area contributed by atoms with Crippen LogP contribution in [0.1, 0.15) is 26.7 Å². The van der Waals surface area contributed by atoms with Crippen LogP contribution in [-0.2, 0) is 0 Å². The molecule has 1 N–H and O–H groups in total. The molecule has 1 aliphatic rings. The lowest BCUT2D eigenvalue weighted by molar-refractivity contribution is 0.370. The van der Waals surface area contributed by atoms with E-state index >= 15 is 0 Å². The molecule has 0 saturated carbocycles. The molecule has 2 rings (SSSR count). The topological polar surface area (TPSA) is 28.2 Å². The molecule has 1 fully saturated rings. The normalized spacial score (nSPS) is 19.7. The van der Waals surface area contributed by atoms with Crippen LogP contribution in [0.15, 0.2) is 16.7 Å². The van der Waals surface area contributed by atoms with Crippen molar-refractivity contribution >= 4 is 33.3 Å². The van der Waals surface area contributed by atoms with Gasteiger partial charge in [0.05, 0.1) is 5.02 Å². The second kappa shape index (κ2) is 6.91. The molecular formula is C14H21BrClN3. The highest BCUT2D eigenvalue weighted by molar-refractivity contribution is 9.10. The van der Waals surface area contributed by atoms with Crippen molar-refractivity contribution in [1.29, 1.82) is 0 Å². The van der Waals surface area contributed by atoms with E-state index in [-0.39, 0.29) is 0 Å². The molecule has 0 amide bonds. The summed E-state index contributed by atoms with van der Waals surface area (Å²) in [6, 6.07) is 2.31. The minimum Gasteiger partial charge on any atom is -0.353 e. The Bertz CT molecular complexity index is 419. The molecule has 0 aromatic carbocycles. The van der Waals surface area contributed by atoms with E-state index in [1.54, 1.807) is 0 Å². The van der Waals surface area contributed by atoms with Crippen LogP contribution in [0, 0.1) is 5.92 Å². The summed E-state index contributed by atoms with van der Waals surface area (Å²) in [5, 5.41) is 4.18. The van der Waals surface area contributed by atoms with Gasteiger partial charge >= 0.3 is 0 Å². The number of halogens is 2. The van der Waals surface area contributed by atoms with Gasteiger partial charge in [0.1, 0.15) is 5.82 Å². The summed E-state index contributed by atoms with van der Waals surface area (Å²) in [7, 11) is 0. The summed E-state index contributed by atoms with van der Waals surface area (Å²) in [4.78, 5) is 6.80. The molecule has 1 saturated heterocycles. The molecule has 106 valence electrons. The first-order chi connectivity index (χ1) is 9.08. The van der Waals surface area contributed by atoms with E-state index < -0.39 is 0 Å². The number of hydrogen-bond donors (Lipinski definition) is 1. The first kappa shape index (κ1) is 15.1. The molecule has 5 heteroatoms. The van der Waals surface area contributed by atoms with Crippen LogP contribution < -0.4 is 10.2 Å². The molecule has 2 heterocycles. The van der Waals surface area contributed by atoms with Crippen LogP contribution in [0.5, 0.6) is 0 Å². The summed E-state index contributed by atoms with van der Waals surface area (Å²) in [6.45, 7) is 7.64. The summed E-state index contributed by atoms with van der Waals surface area (Å²) >= 11 is 9.74. The number of piperidine rings is 1. The van der Waals surface area contributed by atoms with Gasteiger partial charge in [-0.1, -0.05) is 11.6 Å². The molecule has 0 aliphatic carbocycles. The van der Waals surface area contributed by atoms with E-state index in [4.69, 9.17) is 11.6 Å². The average molecular weight is 347 g/mol. The number of rotatable bonds is 4. The maximum Gasteiger partial charge on any atom is 0.147 e. The van der Waals surface area contributed by atoms with Crippen LogP contribution in [0.3, 0.4) is 0 Å². The first-order valence-corrected chi connectivity index (χ1v) is 8.03. The minimum atomic E-state index is 0.396. The van der Waals surface area contributed by atoms with Gasteiger partial charge in [0, 0.05) is 23.3 Å². The first-order valence-electron chi connectivity index (χ1n) is 6.86. The van der Waals surface area contributed by atoms with Crippen LogP contribution in [0.4, 0.5) is 5.82 Å². The van der Waals surface area contributed by atoms with Gasteiger partial charge in [0.25, 0.3) is 0 Å². The Morgan fingerprint density at radius 2 is 2.37 bits per heavy atom. The van der Waals surface area contributed by atoms with E-state index in [9.17, 15) is 0 Å². The third kappa shape index (κ3) is 4.07. The van der Waals surface area contributed by atoms with E-state index in [0.717, 1.165) is 29.9 Å². The van der Waals surface area contributed by atoms with Gasteiger partial charge in [-0.15, -0.1) is 0 Å². The predicted octanol–water partition coefficient (Wildman–Crippen LogP) is 3.71. The van der Waals surface area contributed by atoms with Crippen molar-refractivity contribution in [2.45, 2.75) is 32.7 Å². The van der Waals surface area contributed by atoms with Gasteiger partial charge in [-0.3, -0.25) is 0 Å². The largest absolute Gasteiger partial charge is 0.353 e. The Morgan fingerprint density at radius 3 is 2.95 bits per heavy atom. The van der Waals surface area contributed by atoms with E-state index in [0.29, 0.717) is 17.0 Å². The van der Waals surface area contributed by atoms with Crippen LogP contribution in [-0.4, -0.2) is 30.7 Å². The number of nitrogens with zero attached hydrogens (tertiary/aromatic N) is 2. The summed E-state index contributed by atoms with van der Waals surface area (Å²) in [6.07, 6.45) is 4.36. The summed E-state index contributed by atoms with van der Waals surface area (Å²) in [5.74, 6) is 1.57. The molecule has 0 bridgehead atoms. The number of pyridine rings is 1. The second-order valence-electron chi connectivity index (χ2n) is 5.42. The van der Waals surface area contributed by atoms with E-state index in [2.05, 4.69) is 45.0 Å². The molecule has 1 unspecified atom stereocenters. The van der Waals surface area contributed by atoms with Gasteiger partial charge in [0.2, 0.25) is 0 Å². The van der Waals surface area contributed by atoms with Crippen molar-refractivity contribution in [2.24, 2.45) is 5.92 Å². The standard InChI is InChI=1S/C14H21BrClN3/c1-10(2)19(9-11-4-3-5-17-7-11)14-13(16)6-12(15)8-18-14/h6,8,10-11,17H,3-5,7,9H2,1-2H3. The van der Waals surface area contributed by atoms with Gasteiger partial charge < -0.3 is 10.2 Å². The average Bonchev–Trinajstić information content (AvgIpc) is 2.38. The zero-order valence-corrected chi connectivity index (χ0v) is 13.8. The molecule has 1 aromatic rings. The van der Waals surface area contributed by atoms with Crippen molar-refractivity contribution in [3.8, 4) is 0 Å². The monoisotopic (exact) mass is 345 g/mol. The third-order valence-electron chi connectivity index (χ3n) is 3.54. The highest BCUT2D eigenvalue weighted by Gasteiger charge is 2.21. The van der Waals surface area contributed by atoms with Crippen molar-refractivity contribution in [3.05, 3.63) is 21.8 Å². The maximum absolute atomic E-state index is 6.34. The van der Waals surface area contributed by atoms with Crippen LogP contribution >= 0.6 is 27.5 Å². The Labute approximate surface area is 128 Å². The number of hydrogen-bond acceptors (Lipinski definition) is 3. The lowest BCUT2D eigenvalue weighted by atomic mass is 9.98. The molecule has 0 spiro atoms. The molecule has 1 aliphatic heterocycles. The second-order valence-corrected chi connectivity index (χ2v) is 6.74. The Balaban J connectivity index is 2.14. The molecular weight excluding hydrogens is 326 g/mol. The Hall–Kier alpha value is -0.320. The smallest absolute Gasteiger partial charge is 0.147 e. The Morgan fingerprint density at radius 1 is 1.58 bits per heavy atom. The van der Waals surface area contributed by atoms with Crippen LogP contribution in [0.2, 0.25) is 5.02 Å². The third-order valence-corrected chi connectivity index (χ3v) is 4.25. The van der Waals surface area contributed by atoms with Gasteiger partial charge in [-0.05, 0) is 67.7 Å². The zero-order chi connectivity index (χ0) is 13.8. The fourth-order valence-electron chi connectivity index (χ4n) is 2.52. The molecule has 19 heavy (non-hydrogen) atoms. The SMILES string of the molecule is CC(C)N(CC1CCCNC1)c1ncc(Br)cc1Cl. The Kier molecular flexibility index (Phi) is 5.48. The number of aromatic nitrogens is 1. The predicted molar refractivity (Wildman–Crippen MR) is 85.0 cm³/mol. The van der Waals surface area contributed by atoms with E-state index in [1.165, 1.54) is 12.8 Å². The van der Waals surface area contributed by atoms with Gasteiger partial charge in [0.15, 0.2) is 0 Å². The number of nitrogens with one attached hydrogen (secondary N) is 1. The maximum atomic E-state index is 6.34. The van der Waals surface area contributed by atoms with Crippen molar-refractivity contribution in [3.63, 3.8) is 0 Å². The quantitative estimate of drug-likeness (QED) is 0.901. The van der Waals surface area contributed by atoms with Crippen molar-refractivity contribution in [1.82, 2.24) is 10.3 Å². The summed E-state index contributed by atoms with van der Waals surface area (Å²) in [5.41, 5.74) is 0. The molecule has 1 aromatic heterocycles. The number of anilines is 1. The van der Waals surface area contributed by atoms with Crippen LogP contribution in [0.25, 0.3) is 0 Å².